The third-order valence-electron chi connectivity index (χ3n) is 9.09. The van der Waals surface area contributed by atoms with Gasteiger partial charge in [0.25, 0.3) is 5.91 Å². The zero-order chi connectivity index (χ0) is 33.2. The molecule has 0 bridgehead atoms. The first-order valence-corrected chi connectivity index (χ1v) is 18.3. The van der Waals surface area contributed by atoms with Crippen molar-refractivity contribution in [1.82, 2.24) is 9.88 Å². The standard InChI is InChI=1S/C35H43N3O7Si/c1-8-15-43-34(41)38-28-19-31(44-22-26-16-23(21-39)13-14-36-26)30(42-5)18-27(28)32(40)37-20-25-12-10-9-11-24(25)17-29(37)33(38)45-46(6,7)35(2,3)4/h8-14,16,18-19,29,33,39H,1,15,17,20-22H2,2-7H3/t29-,33?/m0/s1. The van der Waals surface area contributed by atoms with Crippen molar-refractivity contribution >= 4 is 26.0 Å². The highest BCUT2D eigenvalue weighted by Crippen LogP contribution is 2.45. The number of pyridine rings is 1. The second-order valence-electron chi connectivity index (χ2n) is 13.1. The molecule has 0 saturated heterocycles. The van der Waals surface area contributed by atoms with Crippen molar-refractivity contribution < 1.29 is 33.3 Å². The van der Waals surface area contributed by atoms with Crippen molar-refractivity contribution in [1.29, 1.82) is 0 Å². The lowest BCUT2D eigenvalue weighted by Crippen LogP contribution is -2.60. The predicted molar refractivity (Wildman–Crippen MR) is 177 cm³/mol. The minimum Gasteiger partial charge on any atom is -0.493 e. The Hall–Kier alpha value is -4.19. The number of nitrogens with zero attached hydrogens (tertiary/aromatic N) is 3. The molecular formula is C35H43N3O7Si. The number of hydrogen-bond donors (Lipinski definition) is 1. The van der Waals surface area contributed by atoms with Crippen LogP contribution in [0.25, 0.3) is 0 Å². The fraction of sp³-hybridized carbons (Fsp3) is 0.400. The number of fused-ring (bicyclic) bond motifs is 3. The average Bonchev–Trinajstić information content (AvgIpc) is 3.12. The number of carbonyl (C=O) groups is 2. The molecule has 1 aromatic heterocycles. The number of aliphatic hydroxyl groups is 1. The van der Waals surface area contributed by atoms with Gasteiger partial charge in [-0.05, 0) is 59.4 Å². The summed E-state index contributed by atoms with van der Waals surface area (Å²) in [4.78, 5) is 36.3. The number of aromatic nitrogens is 1. The van der Waals surface area contributed by atoms with E-state index in [1.807, 2.05) is 23.1 Å². The summed E-state index contributed by atoms with van der Waals surface area (Å²) in [5.74, 6) is 0.378. The summed E-state index contributed by atoms with van der Waals surface area (Å²) in [5, 5.41) is 9.38. The van der Waals surface area contributed by atoms with Gasteiger partial charge in [0.1, 0.15) is 13.2 Å². The first-order valence-electron chi connectivity index (χ1n) is 15.4. The second kappa shape index (κ2) is 13.3. The van der Waals surface area contributed by atoms with Crippen LogP contribution in [0, 0.1) is 0 Å². The third-order valence-corrected chi connectivity index (χ3v) is 13.5. The van der Waals surface area contributed by atoms with Crippen LogP contribution >= 0.6 is 0 Å². The number of hydrogen-bond acceptors (Lipinski definition) is 8. The van der Waals surface area contributed by atoms with E-state index in [2.05, 4.69) is 51.5 Å². The Morgan fingerprint density at radius 3 is 2.54 bits per heavy atom. The second-order valence-corrected chi connectivity index (χ2v) is 17.9. The number of anilines is 1. The van der Waals surface area contributed by atoms with E-state index in [-0.39, 0.29) is 36.3 Å². The largest absolute Gasteiger partial charge is 0.493 e. The molecular weight excluding hydrogens is 602 g/mol. The molecule has 2 amide bonds. The van der Waals surface area contributed by atoms with Crippen LogP contribution in [0.4, 0.5) is 10.5 Å². The summed E-state index contributed by atoms with van der Waals surface area (Å²) in [6.07, 6.45) is 2.08. The van der Waals surface area contributed by atoms with Gasteiger partial charge in [-0.2, -0.15) is 0 Å². The van der Waals surface area contributed by atoms with Crippen LogP contribution in [0.5, 0.6) is 11.5 Å². The maximum Gasteiger partial charge on any atom is 0.416 e. The number of methoxy groups -OCH3 is 1. The lowest BCUT2D eigenvalue weighted by molar-refractivity contribution is 0.0338. The van der Waals surface area contributed by atoms with E-state index in [4.69, 9.17) is 18.6 Å². The minimum absolute atomic E-state index is 0.0188. The molecule has 0 radical (unpaired) electrons. The van der Waals surface area contributed by atoms with Gasteiger partial charge in [0.15, 0.2) is 26.0 Å². The van der Waals surface area contributed by atoms with Crippen LogP contribution < -0.4 is 14.4 Å². The summed E-state index contributed by atoms with van der Waals surface area (Å²) in [6.45, 7) is 14.7. The SMILES string of the molecule is C=CCOC(=O)N1c2cc(OCc3cc(CO)ccn3)c(OC)cc2C(=O)N2Cc3ccccc3C[C@H]2C1O[Si](C)(C)C(C)(C)C. The molecule has 0 aliphatic carbocycles. The Kier molecular flexibility index (Phi) is 9.57. The van der Waals surface area contributed by atoms with Crippen LogP contribution in [0.15, 0.2) is 67.4 Å². The minimum atomic E-state index is -2.54. The van der Waals surface area contributed by atoms with Gasteiger partial charge >= 0.3 is 6.09 Å². The first-order chi connectivity index (χ1) is 21.9. The Morgan fingerprint density at radius 1 is 1.13 bits per heavy atom. The predicted octanol–water partition coefficient (Wildman–Crippen LogP) is 6.22. The van der Waals surface area contributed by atoms with E-state index in [9.17, 15) is 14.7 Å². The summed E-state index contributed by atoms with van der Waals surface area (Å²) in [5.41, 5.74) is 4.01. The van der Waals surface area contributed by atoms with Crippen molar-refractivity contribution in [2.75, 3.05) is 18.6 Å². The fourth-order valence-corrected chi connectivity index (χ4v) is 6.77. The van der Waals surface area contributed by atoms with E-state index < -0.39 is 26.7 Å². The molecule has 2 aliphatic rings. The van der Waals surface area contributed by atoms with Crippen LogP contribution in [0.1, 0.15) is 53.5 Å². The van der Waals surface area contributed by atoms with Crippen LogP contribution in [0.2, 0.25) is 18.1 Å². The molecule has 5 rings (SSSR count). The lowest BCUT2D eigenvalue weighted by Gasteiger charge is -2.47. The normalized spacial score (nSPS) is 17.8. The number of carbonyl (C=O) groups excluding carboxylic acids is 2. The van der Waals surface area contributed by atoms with Crippen molar-refractivity contribution in [3.63, 3.8) is 0 Å². The Balaban J connectivity index is 1.68. The molecule has 0 saturated carbocycles. The summed E-state index contributed by atoms with van der Waals surface area (Å²) < 4.78 is 24.7. The van der Waals surface area contributed by atoms with Crippen LogP contribution in [-0.4, -0.2) is 61.3 Å². The highest BCUT2D eigenvalue weighted by atomic mass is 28.4. The zero-order valence-electron chi connectivity index (χ0n) is 27.4. The Labute approximate surface area is 271 Å². The number of amides is 2. The van der Waals surface area contributed by atoms with Crippen molar-refractivity contribution in [3.8, 4) is 11.5 Å². The first kappa shape index (κ1) is 33.2. The fourth-order valence-electron chi connectivity index (χ4n) is 5.55. The van der Waals surface area contributed by atoms with Gasteiger partial charge in [0.05, 0.1) is 36.7 Å². The Morgan fingerprint density at radius 2 is 1.87 bits per heavy atom. The van der Waals surface area contributed by atoms with Crippen molar-refractivity contribution in [2.45, 2.75) is 77.4 Å². The average molecular weight is 646 g/mol. The molecule has 1 unspecified atom stereocenters. The summed E-state index contributed by atoms with van der Waals surface area (Å²) in [7, 11) is -1.04. The highest BCUT2D eigenvalue weighted by molar-refractivity contribution is 6.74. The van der Waals surface area contributed by atoms with E-state index >= 15 is 0 Å². The molecule has 10 nitrogen and oxygen atoms in total. The van der Waals surface area contributed by atoms with Crippen molar-refractivity contribution in [2.24, 2.45) is 0 Å². The number of aliphatic hydroxyl groups excluding tert-OH is 1. The van der Waals surface area contributed by atoms with E-state index in [1.165, 1.54) is 18.1 Å². The van der Waals surface area contributed by atoms with Gasteiger partial charge in [-0.3, -0.25) is 9.78 Å². The maximum atomic E-state index is 14.6. The number of benzene rings is 2. The van der Waals surface area contributed by atoms with Gasteiger partial charge in [-0.15, -0.1) is 0 Å². The molecule has 0 spiro atoms. The molecule has 2 aromatic carbocycles. The lowest BCUT2D eigenvalue weighted by atomic mass is 9.93. The topological polar surface area (TPSA) is 111 Å². The van der Waals surface area contributed by atoms with Gasteiger partial charge in [-0.1, -0.05) is 57.7 Å². The molecule has 11 heteroatoms. The van der Waals surface area contributed by atoms with Gasteiger partial charge in [0.2, 0.25) is 0 Å². The summed E-state index contributed by atoms with van der Waals surface area (Å²) in [6, 6.07) is 14.3. The van der Waals surface area contributed by atoms with E-state index in [1.54, 1.807) is 30.5 Å². The monoisotopic (exact) mass is 645 g/mol. The maximum absolute atomic E-state index is 14.6. The van der Waals surface area contributed by atoms with Crippen LogP contribution in [0.3, 0.4) is 0 Å². The molecule has 0 fully saturated rings. The van der Waals surface area contributed by atoms with Crippen molar-refractivity contribution in [3.05, 3.63) is 95.3 Å². The van der Waals surface area contributed by atoms with Gasteiger partial charge in [0, 0.05) is 18.8 Å². The van der Waals surface area contributed by atoms with Crippen LogP contribution in [-0.2, 0) is 35.3 Å². The van der Waals surface area contributed by atoms with Gasteiger partial charge in [-0.25, -0.2) is 9.69 Å². The molecule has 1 N–H and O–H groups in total. The van der Waals surface area contributed by atoms with Gasteiger partial charge < -0.3 is 28.6 Å². The quantitative estimate of drug-likeness (QED) is 0.216. The summed E-state index contributed by atoms with van der Waals surface area (Å²) >= 11 is 0. The molecule has 2 atom stereocenters. The highest BCUT2D eigenvalue weighted by Gasteiger charge is 2.50. The zero-order valence-corrected chi connectivity index (χ0v) is 28.4. The molecule has 3 heterocycles. The smallest absolute Gasteiger partial charge is 0.416 e. The molecule has 2 aliphatic heterocycles. The van der Waals surface area contributed by atoms with E-state index in [0.717, 1.165) is 11.1 Å². The molecule has 3 aromatic rings. The third kappa shape index (κ3) is 6.53. The van der Waals surface area contributed by atoms with E-state index in [0.29, 0.717) is 41.4 Å². The number of rotatable bonds is 9. The molecule has 46 heavy (non-hydrogen) atoms. The number of ether oxygens (including phenoxy) is 3. The Bertz CT molecular complexity index is 1620. The molecule has 244 valence electrons.